The van der Waals surface area contributed by atoms with Gasteiger partial charge in [-0.25, -0.2) is 12.8 Å². The van der Waals surface area contributed by atoms with Crippen LogP contribution in [0.25, 0.3) is 0 Å². The van der Waals surface area contributed by atoms with E-state index in [1.807, 2.05) is 51.1 Å². The minimum absolute atomic E-state index is 0.0507. The highest BCUT2D eigenvalue weighted by Crippen LogP contribution is 2.30. The highest BCUT2D eigenvalue weighted by molar-refractivity contribution is 7.92. The van der Waals surface area contributed by atoms with Crippen LogP contribution in [0.5, 0.6) is 0 Å². The van der Waals surface area contributed by atoms with E-state index in [2.05, 4.69) is 5.32 Å². The Hall–Kier alpha value is -3.92. The maximum atomic E-state index is 14.4. The van der Waals surface area contributed by atoms with E-state index in [-0.39, 0.29) is 33.6 Å². The molecule has 0 aliphatic rings. The number of rotatable bonds is 11. The van der Waals surface area contributed by atoms with Crippen molar-refractivity contribution in [1.82, 2.24) is 10.2 Å². The Kier molecular flexibility index (Phi) is 10.9. The van der Waals surface area contributed by atoms with Crippen molar-refractivity contribution in [3.05, 3.63) is 130 Å². The summed E-state index contributed by atoms with van der Waals surface area (Å²) in [6, 6.07) is 25.6. The standard InChI is InChI=1S/C34H34Cl2FN3O4S/c1-34(2,3)38-33(42)31(18-24-10-6-4-7-11-24)39(22-25-14-16-28(37)17-15-25)32(41)23-40(29-20-26(35)19-27(36)21-29)45(43,44)30-12-8-5-9-13-30/h4-17,19-21,31H,18,22-23H2,1-3H3,(H,38,42)/t31-/m0/s1. The molecular formula is C34H34Cl2FN3O4S. The molecule has 0 aromatic heterocycles. The van der Waals surface area contributed by atoms with Crippen LogP contribution >= 0.6 is 23.2 Å². The molecule has 4 aromatic carbocycles. The second kappa shape index (κ2) is 14.5. The predicted octanol–water partition coefficient (Wildman–Crippen LogP) is 6.88. The average molecular weight is 671 g/mol. The number of nitrogens with one attached hydrogen (secondary N) is 1. The number of sulfonamides is 1. The number of hydrogen-bond donors (Lipinski definition) is 1. The highest BCUT2D eigenvalue weighted by Gasteiger charge is 2.35. The summed E-state index contributed by atoms with van der Waals surface area (Å²) in [5, 5.41) is 3.31. The zero-order valence-electron chi connectivity index (χ0n) is 25.1. The van der Waals surface area contributed by atoms with Crippen molar-refractivity contribution in [2.45, 2.75) is 50.2 Å². The van der Waals surface area contributed by atoms with Gasteiger partial charge in [0.15, 0.2) is 0 Å². The second-order valence-electron chi connectivity index (χ2n) is 11.5. The third-order valence-electron chi connectivity index (χ3n) is 6.78. The van der Waals surface area contributed by atoms with E-state index in [9.17, 15) is 22.4 Å². The minimum atomic E-state index is -4.31. The molecule has 0 radical (unpaired) electrons. The van der Waals surface area contributed by atoms with Crippen molar-refractivity contribution < 1.29 is 22.4 Å². The Bertz CT molecular complexity index is 1710. The van der Waals surface area contributed by atoms with Crippen LogP contribution in [-0.2, 0) is 32.6 Å². The molecule has 7 nitrogen and oxygen atoms in total. The third-order valence-corrected chi connectivity index (χ3v) is 9.01. The molecule has 236 valence electrons. The van der Waals surface area contributed by atoms with Gasteiger partial charge in [-0.1, -0.05) is 83.9 Å². The molecule has 0 saturated heterocycles. The Morgan fingerprint density at radius 3 is 1.93 bits per heavy atom. The first-order chi connectivity index (χ1) is 21.2. The van der Waals surface area contributed by atoms with Gasteiger partial charge in [0, 0.05) is 28.5 Å². The number of anilines is 1. The fourth-order valence-electron chi connectivity index (χ4n) is 4.73. The van der Waals surface area contributed by atoms with Crippen molar-refractivity contribution in [2.24, 2.45) is 0 Å². The van der Waals surface area contributed by atoms with E-state index in [0.29, 0.717) is 5.56 Å². The van der Waals surface area contributed by atoms with E-state index < -0.39 is 45.8 Å². The number of halogens is 3. The molecule has 1 atom stereocenters. The Labute approximate surface area is 273 Å². The lowest BCUT2D eigenvalue weighted by molar-refractivity contribution is -0.140. The minimum Gasteiger partial charge on any atom is -0.350 e. The molecule has 1 N–H and O–H groups in total. The van der Waals surface area contributed by atoms with Crippen LogP contribution in [-0.4, -0.2) is 43.3 Å². The van der Waals surface area contributed by atoms with E-state index in [1.54, 1.807) is 18.2 Å². The summed E-state index contributed by atoms with van der Waals surface area (Å²) >= 11 is 12.5. The molecule has 0 fully saturated rings. The molecule has 0 bridgehead atoms. The van der Waals surface area contributed by atoms with Gasteiger partial charge in [0.1, 0.15) is 18.4 Å². The number of hydrogen-bond acceptors (Lipinski definition) is 4. The number of amides is 2. The first kappa shape index (κ1) is 34.0. The van der Waals surface area contributed by atoms with Crippen LogP contribution in [0.4, 0.5) is 10.1 Å². The normalized spacial score (nSPS) is 12.3. The van der Waals surface area contributed by atoms with Gasteiger partial charge < -0.3 is 10.2 Å². The lowest BCUT2D eigenvalue weighted by Crippen LogP contribution is -2.56. The number of nitrogens with zero attached hydrogens (tertiary/aromatic N) is 2. The lowest BCUT2D eigenvalue weighted by Gasteiger charge is -2.35. The van der Waals surface area contributed by atoms with Gasteiger partial charge in [-0.2, -0.15) is 0 Å². The number of carbonyl (C=O) groups excluding carboxylic acids is 2. The first-order valence-electron chi connectivity index (χ1n) is 14.2. The monoisotopic (exact) mass is 669 g/mol. The summed E-state index contributed by atoms with van der Waals surface area (Å²) in [5.41, 5.74) is 0.787. The zero-order valence-corrected chi connectivity index (χ0v) is 27.4. The summed E-state index contributed by atoms with van der Waals surface area (Å²) < 4.78 is 42.8. The van der Waals surface area contributed by atoms with Crippen LogP contribution in [0.1, 0.15) is 31.9 Å². The molecule has 2 amide bonds. The van der Waals surface area contributed by atoms with Crippen LogP contribution in [0.15, 0.2) is 108 Å². The molecule has 11 heteroatoms. The second-order valence-corrected chi connectivity index (χ2v) is 14.3. The number of carbonyl (C=O) groups is 2. The summed E-state index contributed by atoms with van der Waals surface area (Å²) in [7, 11) is -4.31. The molecule has 0 aliphatic carbocycles. The van der Waals surface area contributed by atoms with Crippen LogP contribution in [0.2, 0.25) is 10.0 Å². The molecule has 0 saturated carbocycles. The molecule has 0 heterocycles. The average Bonchev–Trinajstić information content (AvgIpc) is 2.98. The third kappa shape index (κ3) is 9.29. The first-order valence-corrected chi connectivity index (χ1v) is 16.4. The van der Waals surface area contributed by atoms with E-state index in [1.165, 1.54) is 59.5 Å². The van der Waals surface area contributed by atoms with E-state index in [0.717, 1.165) is 9.87 Å². The summed E-state index contributed by atoms with van der Waals surface area (Å²) in [6.07, 6.45) is 0.143. The molecule has 45 heavy (non-hydrogen) atoms. The van der Waals surface area contributed by atoms with Crippen molar-refractivity contribution in [3.8, 4) is 0 Å². The largest absolute Gasteiger partial charge is 0.350 e. The molecule has 0 spiro atoms. The molecular weight excluding hydrogens is 636 g/mol. The molecule has 0 aliphatic heterocycles. The van der Waals surface area contributed by atoms with Crippen molar-refractivity contribution in [2.75, 3.05) is 10.8 Å². The zero-order chi connectivity index (χ0) is 32.8. The van der Waals surface area contributed by atoms with Crippen molar-refractivity contribution in [1.29, 1.82) is 0 Å². The Morgan fingerprint density at radius 2 is 1.38 bits per heavy atom. The van der Waals surface area contributed by atoms with Gasteiger partial charge in [-0.3, -0.25) is 13.9 Å². The topological polar surface area (TPSA) is 86.8 Å². The molecule has 0 unspecified atom stereocenters. The summed E-state index contributed by atoms with van der Waals surface area (Å²) in [5.74, 6) is -1.55. The number of benzene rings is 4. The highest BCUT2D eigenvalue weighted by atomic mass is 35.5. The van der Waals surface area contributed by atoms with Gasteiger partial charge >= 0.3 is 0 Å². The van der Waals surface area contributed by atoms with Gasteiger partial charge in [-0.15, -0.1) is 0 Å². The Balaban J connectivity index is 1.83. The summed E-state index contributed by atoms with van der Waals surface area (Å²) in [6.45, 7) is 4.71. The van der Waals surface area contributed by atoms with E-state index >= 15 is 0 Å². The maximum Gasteiger partial charge on any atom is 0.264 e. The van der Waals surface area contributed by atoms with Crippen LogP contribution < -0.4 is 9.62 Å². The van der Waals surface area contributed by atoms with Crippen LogP contribution in [0.3, 0.4) is 0 Å². The summed E-state index contributed by atoms with van der Waals surface area (Å²) in [4.78, 5) is 29.6. The maximum absolute atomic E-state index is 14.4. The quantitative estimate of drug-likeness (QED) is 0.189. The molecule has 4 rings (SSSR count). The van der Waals surface area contributed by atoms with Crippen LogP contribution in [0, 0.1) is 5.82 Å². The fraction of sp³-hybridized carbons (Fsp3) is 0.235. The van der Waals surface area contributed by atoms with E-state index in [4.69, 9.17) is 23.2 Å². The van der Waals surface area contributed by atoms with Gasteiger partial charge in [0.2, 0.25) is 11.8 Å². The Morgan fingerprint density at radius 1 is 0.822 bits per heavy atom. The van der Waals surface area contributed by atoms with Crippen molar-refractivity contribution >= 4 is 50.7 Å². The lowest BCUT2D eigenvalue weighted by atomic mass is 10.0. The smallest absolute Gasteiger partial charge is 0.264 e. The van der Waals surface area contributed by atoms with Gasteiger partial charge in [-0.05, 0) is 74.4 Å². The fourth-order valence-corrected chi connectivity index (χ4v) is 6.66. The van der Waals surface area contributed by atoms with Gasteiger partial charge in [0.25, 0.3) is 10.0 Å². The van der Waals surface area contributed by atoms with Crippen molar-refractivity contribution in [3.63, 3.8) is 0 Å². The van der Waals surface area contributed by atoms with Gasteiger partial charge in [0.05, 0.1) is 10.6 Å². The SMILES string of the molecule is CC(C)(C)NC(=O)[C@H](Cc1ccccc1)N(Cc1ccc(F)cc1)C(=O)CN(c1cc(Cl)cc(Cl)c1)S(=O)(=O)c1ccccc1. The molecule has 4 aromatic rings. The predicted molar refractivity (Wildman–Crippen MR) is 176 cm³/mol.